The van der Waals surface area contributed by atoms with E-state index < -0.39 is 6.10 Å². The van der Waals surface area contributed by atoms with Gasteiger partial charge in [-0.15, -0.1) is 10.2 Å². The summed E-state index contributed by atoms with van der Waals surface area (Å²) in [5.74, 6) is 1.07. The molecule has 1 aromatic heterocycles. The maximum absolute atomic E-state index is 12.8. The molecular weight excluding hydrogens is 390 g/mol. The average Bonchev–Trinajstić information content (AvgIpc) is 3.30. The summed E-state index contributed by atoms with van der Waals surface area (Å²) in [6.45, 7) is 3.86. The number of nitrogens with zero attached hydrogens (tertiary/aromatic N) is 2. The van der Waals surface area contributed by atoms with Crippen molar-refractivity contribution in [2.75, 3.05) is 5.32 Å². The Balaban J connectivity index is 1.56. The number of aryl methyl sites for hydroxylation is 1. The second-order valence-electron chi connectivity index (χ2n) is 7.09. The van der Waals surface area contributed by atoms with Crippen LogP contribution in [0.1, 0.15) is 18.9 Å². The Morgan fingerprint density at radius 3 is 2.39 bits per heavy atom. The minimum absolute atomic E-state index is 0.206. The molecule has 6 nitrogen and oxygen atoms in total. The molecule has 4 aromatic rings. The average molecular weight is 413 g/mol. The van der Waals surface area contributed by atoms with Crippen LogP contribution >= 0.6 is 0 Å². The summed E-state index contributed by atoms with van der Waals surface area (Å²) < 4.78 is 12.0. The molecule has 3 aromatic carbocycles. The Bertz CT molecular complexity index is 1170. The van der Waals surface area contributed by atoms with E-state index in [1.165, 1.54) is 0 Å². The summed E-state index contributed by atoms with van der Waals surface area (Å²) >= 11 is 0. The number of ether oxygens (including phenoxy) is 1. The third-order valence-corrected chi connectivity index (χ3v) is 4.90. The first-order chi connectivity index (χ1) is 15.2. The molecule has 31 heavy (non-hydrogen) atoms. The summed E-state index contributed by atoms with van der Waals surface area (Å²) in [6.07, 6.45) is -0.164. The van der Waals surface area contributed by atoms with Gasteiger partial charge in [0.05, 0.1) is 5.56 Å². The van der Waals surface area contributed by atoms with E-state index in [1.54, 1.807) is 6.07 Å². The highest BCUT2D eigenvalue weighted by atomic mass is 16.5. The highest BCUT2D eigenvalue weighted by molar-refractivity contribution is 5.95. The van der Waals surface area contributed by atoms with E-state index in [0.29, 0.717) is 29.5 Å². The number of carbonyl (C=O) groups excluding carboxylic acids is 1. The molecule has 0 saturated carbocycles. The summed E-state index contributed by atoms with van der Waals surface area (Å²) in [5.41, 5.74) is 3.24. The highest BCUT2D eigenvalue weighted by Gasteiger charge is 2.22. The predicted molar refractivity (Wildman–Crippen MR) is 120 cm³/mol. The standard InChI is InChI=1S/C25H23N3O3/c1-3-21(23(29)26-20-15-9-7-11-17(20)2)30-22-16-10-8-14-19(22)25-28-27-24(31-25)18-12-5-4-6-13-18/h4-16,21H,3H2,1-2H3,(H,26,29)/t21-/m0/s1. The van der Waals surface area contributed by atoms with Crippen molar-refractivity contribution in [2.24, 2.45) is 0 Å². The van der Waals surface area contributed by atoms with Crippen LogP contribution in [0, 0.1) is 6.92 Å². The third kappa shape index (κ3) is 4.64. The van der Waals surface area contributed by atoms with Gasteiger partial charge in [-0.3, -0.25) is 4.79 Å². The van der Waals surface area contributed by atoms with Crippen LogP contribution in [0.25, 0.3) is 22.9 Å². The Kier molecular flexibility index (Phi) is 6.08. The van der Waals surface area contributed by atoms with Gasteiger partial charge in [0.2, 0.25) is 5.89 Å². The maximum atomic E-state index is 12.8. The highest BCUT2D eigenvalue weighted by Crippen LogP contribution is 2.32. The van der Waals surface area contributed by atoms with Gasteiger partial charge in [-0.2, -0.15) is 0 Å². The SMILES string of the molecule is CC[C@H](Oc1ccccc1-c1nnc(-c2ccccc2)o1)C(=O)Nc1ccccc1C. The monoisotopic (exact) mass is 413 g/mol. The molecule has 1 atom stereocenters. The fourth-order valence-corrected chi connectivity index (χ4v) is 3.18. The number of carbonyl (C=O) groups is 1. The molecule has 1 heterocycles. The number of rotatable bonds is 7. The summed E-state index contributed by atoms with van der Waals surface area (Å²) in [7, 11) is 0. The molecule has 0 aliphatic rings. The molecule has 0 spiro atoms. The van der Waals surface area contributed by atoms with Crippen molar-refractivity contribution in [1.82, 2.24) is 10.2 Å². The Morgan fingerprint density at radius 1 is 0.935 bits per heavy atom. The number of hydrogen-bond donors (Lipinski definition) is 1. The summed E-state index contributed by atoms with van der Waals surface area (Å²) in [4.78, 5) is 12.8. The number of nitrogens with one attached hydrogen (secondary N) is 1. The normalized spacial score (nSPS) is 11.7. The Morgan fingerprint density at radius 2 is 1.61 bits per heavy atom. The van der Waals surface area contributed by atoms with Gasteiger partial charge in [-0.1, -0.05) is 55.5 Å². The van der Waals surface area contributed by atoms with Gasteiger partial charge in [0, 0.05) is 11.3 Å². The first-order valence-corrected chi connectivity index (χ1v) is 10.2. The van der Waals surface area contributed by atoms with Crippen molar-refractivity contribution in [3.8, 4) is 28.7 Å². The zero-order chi connectivity index (χ0) is 21.6. The van der Waals surface area contributed by atoms with Crippen LogP contribution in [-0.2, 0) is 4.79 Å². The van der Waals surface area contributed by atoms with Crippen LogP contribution in [-0.4, -0.2) is 22.2 Å². The third-order valence-electron chi connectivity index (χ3n) is 4.90. The Labute approximate surface area is 180 Å². The lowest BCUT2D eigenvalue weighted by molar-refractivity contribution is -0.122. The van der Waals surface area contributed by atoms with Crippen molar-refractivity contribution in [3.63, 3.8) is 0 Å². The number of amides is 1. The molecule has 0 unspecified atom stereocenters. The Hall–Kier alpha value is -3.93. The number of aromatic nitrogens is 2. The molecule has 1 amide bonds. The smallest absolute Gasteiger partial charge is 0.265 e. The molecule has 0 aliphatic heterocycles. The van der Waals surface area contributed by atoms with Crippen LogP contribution in [0.4, 0.5) is 5.69 Å². The van der Waals surface area contributed by atoms with Gasteiger partial charge >= 0.3 is 0 Å². The molecule has 4 rings (SSSR count). The van der Waals surface area contributed by atoms with Crippen molar-refractivity contribution < 1.29 is 13.9 Å². The quantitative estimate of drug-likeness (QED) is 0.432. The fraction of sp³-hybridized carbons (Fsp3) is 0.160. The van der Waals surface area contributed by atoms with E-state index in [1.807, 2.05) is 86.6 Å². The molecule has 0 bridgehead atoms. The van der Waals surface area contributed by atoms with Crippen LogP contribution < -0.4 is 10.1 Å². The minimum atomic E-state index is -0.669. The lowest BCUT2D eigenvalue weighted by atomic mass is 10.1. The van der Waals surface area contributed by atoms with Crippen molar-refractivity contribution in [3.05, 3.63) is 84.4 Å². The van der Waals surface area contributed by atoms with Gasteiger partial charge in [0.15, 0.2) is 6.10 Å². The minimum Gasteiger partial charge on any atom is -0.480 e. The van der Waals surface area contributed by atoms with E-state index in [-0.39, 0.29) is 5.91 Å². The van der Waals surface area contributed by atoms with Gasteiger partial charge in [0.25, 0.3) is 11.8 Å². The zero-order valence-electron chi connectivity index (χ0n) is 17.4. The van der Waals surface area contributed by atoms with Crippen LogP contribution in [0.2, 0.25) is 0 Å². The van der Waals surface area contributed by atoms with Crippen molar-refractivity contribution in [2.45, 2.75) is 26.4 Å². The van der Waals surface area contributed by atoms with E-state index in [4.69, 9.17) is 9.15 Å². The van der Waals surface area contributed by atoms with Crippen LogP contribution in [0.5, 0.6) is 5.75 Å². The van der Waals surface area contributed by atoms with E-state index in [9.17, 15) is 4.79 Å². The predicted octanol–water partition coefficient (Wildman–Crippen LogP) is 5.51. The molecule has 1 N–H and O–H groups in total. The number of hydrogen-bond acceptors (Lipinski definition) is 5. The molecule has 6 heteroatoms. The van der Waals surface area contributed by atoms with Crippen LogP contribution in [0.3, 0.4) is 0 Å². The second kappa shape index (κ2) is 9.26. The van der Waals surface area contributed by atoms with E-state index in [0.717, 1.165) is 16.8 Å². The lowest BCUT2D eigenvalue weighted by Gasteiger charge is -2.19. The first-order valence-electron chi connectivity index (χ1n) is 10.2. The lowest BCUT2D eigenvalue weighted by Crippen LogP contribution is -2.32. The molecule has 156 valence electrons. The number of anilines is 1. The van der Waals surface area contributed by atoms with Gasteiger partial charge < -0.3 is 14.5 Å². The molecule has 0 saturated heterocycles. The van der Waals surface area contributed by atoms with Crippen molar-refractivity contribution >= 4 is 11.6 Å². The molecule has 0 radical (unpaired) electrons. The largest absolute Gasteiger partial charge is 0.480 e. The van der Waals surface area contributed by atoms with E-state index >= 15 is 0 Å². The van der Waals surface area contributed by atoms with Crippen molar-refractivity contribution in [1.29, 1.82) is 0 Å². The number of benzene rings is 3. The van der Waals surface area contributed by atoms with Gasteiger partial charge in [-0.05, 0) is 49.2 Å². The molecular formula is C25H23N3O3. The second-order valence-corrected chi connectivity index (χ2v) is 7.09. The van der Waals surface area contributed by atoms with Gasteiger partial charge in [-0.25, -0.2) is 0 Å². The first kappa shape index (κ1) is 20.3. The van der Waals surface area contributed by atoms with E-state index in [2.05, 4.69) is 15.5 Å². The van der Waals surface area contributed by atoms with Gasteiger partial charge in [0.1, 0.15) is 5.75 Å². The summed E-state index contributed by atoms with van der Waals surface area (Å²) in [6, 6.07) is 24.6. The molecule has 0 aliphatic carbocycles. The number of para-hydroxylation sites is 2. The maximum Gasteiger partial charge on any atom is 0.265 e. The summed E-state index contributed by atoms with van der Waals surface area (Å²) in [5, 5.41) is 11.3. The molecule has 0 fully saturated rings. The van der Waals surface area contributed by atoms with Crippen LogP contribution in [0.15, 0.2) is 83.3 Å². The zero-order valence-corrected chi connectivity index (χ0v) is 17.4. The topological polar surface area (TPSA) is 77.2 Å². The fourth-order valence-electron chi connectivity index (χ4n) is 3.18.